The molecule has 0 aliphatic carbocycles. The topological polar surface area (TPSA) is 72.0 Å². The number of nitrogens with one attached hydrogen (secondary N) is 2. The molecule has 0 saturated carbocycles. The van der Waals surface area contributed by atoms with Gasteiger partial charge in [0.2, 0.25) is 0 Å². The minimum absolute atomic E-state index is 0.0114. The number of pyridine rings is 1. The van der Waals surface area contributed by atoms with Crippen LogP contribution in [0.1, 0.15) is 11.8 Å². The van der Waals surface area contributed by atoms with Gasteiger partial charge in [-0.1, -0.05) is 6.07 Å². The van der Waals surface area contributed by atoms with E-state index < -0.39 is 0 Å². The highest BCUT2D eigenvalue weighted by Gasteiger charge is 2.17. The van der Waals surface area contributed by atoms with E-state index in [9.17, 15) is 0 Å². The summed E-state index contributed by atoms with van der Waals surface area (Å²) in [5, 5.41) is 6.42. The van der Waals surface area contributed by atoms with E-state index in [1.165, 1.54) is 0 Å². The van der Waals surface area contributed by atoms with Gasteiger partial charge >= 0.3 is 0 Å². The molecule has 3 rings (SSSR count). The van der Waals surface area contributed by atoms with E-state index >= 15 is 0 Å². The summed E-state index contributed by atoms with van der Waals surface area (Å²) in [6, 6.07) is 5.83. The lowest BCUT2D eigenvalue weighted by molar-refractivity contribution is 0.0251. The van der Waals surface area contributed by atoms with Gasteiger partial charge in [0.05, 0.1) is 18.5 Å². The molecule has 0 bridgehead atoms. The van der Waals surface area contributed by atoms with E-state index in [-0.39, 0.29) is 6.10 Å². The monoisotopic (exact) mass is 257 g/mol. The second kappa shape index (κ2) is 5.73. The molecule has 2 aromatic heterocycles. The molecule has 3 heterocycles. The Morgan fingerprint density at radius 2 is 2.26 bits per heavy atom. The summed E-state index contributed by atoms with van der Waals surface area (Å²) in [4.78, 5) is 12.7. The number of hydrogen-bond donors (Lipinski definition) is 2. The first-order valence-corrected chi connectivity index (χ1v) is 6.24. The van der Waals surface area contributed by atoms with E-state index in [4.69, 9.17) is 4.74 Å². The molecule has 2 aromatic rings. The van der Waals surface area contributed by atoms with Gasteiger partial charge in [-0.3, -0.25) is 4.98 Å². The number of hydrogen-bond acceptors (Lipinski definition) is 6. The van der Waals surface area contributed by atoms with Crippen LogP contribution in [0, 0.1) is 0 Å². The number of morpholine rings is 1. The van der Waals surface area contributed by atoms with Crippen molar-refractivity contribution in [1.82, 2.24) is 20.3 Å². The number of aromatic nitrogens is 3. The van der Waals surface area contributed by atoms with Gasteiger partial charge in [0.15, 0.2) is 0 Å². The van der Waals surface area contributed by atoms with Crippen molar-refractivity contribution in [2.24, 2.45) is 0 Å². The molecule has 1 saturated heterocycles. The molecule has 19 heavy (non-hydrogen) atoms. The average molecular weight is 257 g/mol. The predicted octanol–water partition coefficient (Wildman–Crippen LogP) is 1.28. The SMILES string of the molecule is c1cc(Nc2cnccn2)nc([C@H]2CNCCO2)c1. The molecule has 0 radical (unpaired) electrons. The highest BCUT2D eigenvalue weighted by atomic mass is 16.5. The Hall–Kier alpha value is -2.05. The minimum atomic E-state index is 0.0114. The summed E-state index contributed by atoms with van der Waals surface area (Å²) in [5.41, 5.74) is 0.918. The van der Waals surface area contributed by atoms with E-state index in [0.29, 0.717) is 12.4 Å². The molecular formula is C13H15N5O. The molecule has 0 spiro atoms. The van der Waals surface area contributed by atoms with Crippen LogP contribution in [-0.4, -0.2) is 34.6 Å². The molecule has 6 nitrogen and oxygen atoms in total. The lowest BCUT2D eigenvalue weighted by Gasteiger charge is -2.23. The first-order chi connectivity index (χ1) is 9.42. The number of anilines is 2. The second-order valence-electron chi connectivity index (χ2n) is 4.23. The number of rotatable bonds is 3. The van der Waals surface area contributed by atoms with Gasteiger partial charge in [-0.15, -0.1) is 0 Å². The van der Waals surface area contributed by atoms with Crippen LogP contribution in [0.2, 0.25) is 0 Å². The Bertz CT molecular complexity index is 528. The van der Waals surface area contributed by atoms with Gasteiger partial charge in [0.25, 0.3) is 0 Å². The van der Waals surface area contributed by atoms with E-state index in [2.05, 4.69) is 25.6 Å². The zero-order chi connectivity index (χ0) is 12.9. The van der Waals surface area contributed by atoms with E-state index in [1.54, 1.807) is 18.6 Å². The Morgan fingerprint density at radius 3 is 3.05 bits per heavy atom. The predicted molar refractivity (Wildman–Crippen MR) is 71.1 cm³/mol. The third kappa shape index (κ3) is 3.04. The Kier molecular flexibility index (Phi) is 3.62. The lowest BCUT2D eigenvalue weighted by Crippen LogP contribution is -2.33. The summed E-state index contributed by atoms with van der Waals surface area (Å²) >= 11 is 0. The van der Waals surface area contributed by atoms with Crippen LogP contribution < -0.4 is 10.6 Å². The van der Waals surface area contributed by atoms with Crippen LogP contribution in [0.25, 0.3) is 0 Å². The number of ether oxygens (including phenoxy) is 1. The standard InChI is InChI=1S/C13H15N5O/c1-2-10(11-8-15-6-7-19-11)17-12(3-1)18-13-9-14-4-5-16-13/h1-5,9,11,15H,6-8H2,(H,16,17,18)/t11-/m1/s1. The first kappa shape index (κ1) is 12.0. The second-order valence-corrected chi connectivity index (χ2v) is 4.23. The van der Waals surface area contributed by atoms with Gasteiger partial charge in [0.1, 0.15) is 17.7 Å². The van der Waals surface area contributed by atoms with Crippen LogP contribution in [0.5, 0.6) is 0 Å². The maximum absolute atomic E-state index is 5.69. The molecule has 1 atom stereocenters. The van der Waals surface area contributed by atoms with Gasteiger partial charge < -0.3 is 15.4 Å². The van der Waals surface area contributed by atoms with Gasteiger partial charge in [-0.25, -0.2) is 9.97 Å². The fourth-order valence-electron chi connectivity index (χ4n) is 1.95. The smallest absolute Gasteiger partial charge is 0.150 e. The summed E-state index contributed by atoms with van der Waals surface area (Å²) < 4.78 is 5.69. The summed E-state index contributed by atoms with van der Waals surface area (Å²) in [7, 11) is 0. The van der Waals surface area contributed by atoms with Crippen LogP contribution in [0.4, 0.5) is 11.6 Å². The van der Waals surface area contributed by atoms with Crippen molar-refractivity contribution in [1.29, 1.82) is 0 Å². The third-order valence-electron chi connectivity index (χ3n) is 2.85. The lowest BCUT2D eigenvalue weighted by atomic mass is 10.2. The maximum Gasteiger partial charge on any atom is 0.150 e. The van der Waals surface area contributed by atoms with E-state index in [1.807, 2.05) is 18.2 Å². The van der Waals surface area contributed by atoms with Crippen LogP contribution in [-0.2, 0) is 4.74 Å². The molecule has 1 aliphatic rings. The fourth-order valence-corrected chi connectivity index (χ4v) is 1.95. The zero-order valence-corrected chi connectivity index (χ0v) is 10.4. The van der Waals surface area contributed by atoms with Gasteiger partial charge in [-0.2, -0.15) is 0 Å². The van der Waals surface area contributed by atoms with Crippen molar-refractivity contribution >= 4 is 11.6 Å². The van der Waals surface area contributed by atoms with Crippen molar-refractivity contribution in [3.63, 3.8) is 0 Å². The normalized spacial score (nSPS) is 19.1. The molecule has 1 aliphatic heterocycles. The van der Waals surface area contributed by atoms with Crippen molar-refractivity contribution in [2.75, 3.05) is 25.0 Å². The third-order valence-corrected chi connectivity index (χ3v) is 2.85. The first-order valence-electron chi connectivity index (χ1n) is 6.24. The van der Waals surface area contributed by atoms with Crippen LogP contribution in [0.15, 0.2) is 36.8 Å². The Balaban J connectivity index is 1.76. The van der Waals surface area contributed by atoms with E-state index in [0.717, 1.165) is 24.6 Å². The maximum atomic E-state index is 5.69. The van der Waals surface area contributed by atoms with Crippen LogP contribution in [0.3, 0.4) is 0 Å². The average Bonchev–Trinajstić information content (AvgIpc) is 2.49. The Labute approximate surface area is 111 Å². The summed E-state index contributed by atoms with van der Waals surface area (Å²) in [6.07, 6.45) is 4.95. The molecule has 0 aromatic carbocycles. The minimum Gasteiger partial charge on any atom is -0.369 e. The number of nitrogens with zero attached hydrogens (tertiary/aromatic N) is 3. The van der Waals surface area contributed by atoms with Crippen LogP contribution >= 0.6 is 0 Å². The fraction of sp³-hybridized carbons (Fsp3) is 0.308. The molecular weight excluding hydrogens is 242 g/mol. The molecule has 2 N–H and O–H groups in total. The quantitative estimate of drug-likeness (QED) is 0.863. The Morgan fingerprint density at radius 1 is 1.26 bits per heavy atom. The van der Waals surface area contributed by atoms with Crippen molar-refractivity contribution in [3.05, 3.63) is 42.5 Å². The largest absolute Gasteiger partial charge is 0.369 e. The summed E-state index contributed by atoms with van der Waals surface area (Å²) in [5.74, 6) is 1.42. The summed E-state index contributed by atoms with van der Waals surface area (Å²) in [6.45, 7) is 2.41. The highest BCUT2D eigenvalue weighted by molar-refractivity contribution is 5.50. The van der Waals surface area contributed by atoms with Crippen molar-refractivity contribution in [2.45, 2.75) is 6.10 Å². The molecule has 0 unspecified atom stereocenters. The van der Waals surface area contributed by atoms with Crippen molar-refractivity contribution < 1.29 is 4.74 Å². The molecule has 98 valence electrons. The van der Waals surface area contributed by atoms with Gasteiger partial charge in [-0.05, 0) is 12.1 Å². The van der Waals surface area contributed by atoms with Crippen molar-refractivity contribution in [3.8, 4) is 0 Å². The molecule has 6 heteroatoms. The highest BCUT2D eigenvalue weighted by Crippen LogP contribution is 2.19. The zero-order valence-electron chi connectivity index (χ0n) is 10.4. The van der Waals surface area contributed by atoms with Gasteiger partial charge in [0, 0.05) is 25.5 Å². The molecule has 0 amide bonds. The molecule has 1 fully saturated rings.